The Morgan fingerprint density at radius 2 is 2.45 bits per heavy atom. The van der Waals surface area contributed by atoms with E-state index < -0.39 is 0 Å². The summed E-state index contributed by atoms with van der Waals surface area (Å²) in [7, 11) is 0. The quantitative estimate of drug-likeness (QED) is 0.915. The van der Waals surface area contributed by atoms with Gasteiger partial charge in [-0.25, -0.2) is 0 Å². The van der Waals surface area contributed by atoms with Gasteiger partial charge in [0, 0.05) is 13.0 Å². The molecule has 1 aliphatic rings. The monoisotopic (exact) mass is 293 g/mol. The Labute approximate surface area is 122 Å². The average molecular weight is 293 g/mol. The lowest BCUT2D eigenvalue weighted by atomic mass is 10.1. The Kier molecular flexibility index (Phi) is 4.44. The van der Waals surface area contributed by atoms with Crippen LogP contribution in [-0.4, -0.2) is 45.9 Å². The zero-order valence-electron chi connectivity index (χ0n) is 11.4. The van der Waals surface area contributed by atoms with Crippen molar-refractivity contribution < 1.29 is 9.63 Å². The summed E-state index contributed by atoms with van der Waals surface area (Å²) in [5.74, 6) is 1.38. The van der Waals surface area contributed by atoms with E-state index in [1.807, 2.05) is 17.5 Å². The first kappa shape index (κ1) is 13.7. The molecule has 20 heavy (non-hydrogen) atoms. The van der Waals surface area contributed by atoms with Crippen molar-refractivity contribution in [3.8, 4) is 10.7 Å². The topological polar surface area (TPSA) is 62.4 Å². The summed E-state index contributed by atoms with van der Waals surface area (Å²) in [5, 5.41) is 15.6. The molecule has 1 N–H and O–H groups in total. The number of aryl methyl sites for hydroxylation is 1. The van der Waals surface area contributed by atoms with E-state index in [2.05, 4.69) is 15.0 Å². The van der Waals surface area contributed by atoms with Crippen molar-refractivity contribution in [3.63, 3.8) is 0 Å². The molecule has 1 saturated heterocycles. The van der Waals surface area contributed by atoms with Crippen LogP contribution in [0.15, 0.2) is 22.0 Å². The predicted molar refractivity (Wildman–Crippen MR) is 77.6 cm³/mol. The van der Waals surface area contributed by atoms with Crippen molar-refractivity contribution in [1.29, 1.82) is 0 Å². The first-order chi connectivity index (χ1) is 9.81. The van der Waals surface area contributed by atoms with Crippen molar-refractivity contribution in [2.45, 2.75) is 31.8 Å². The first-order valence-corrected chi connectivity index (χ1v) is 7.96. The molecule has 1 aliphatic heterocycles. The summed E-state index contributed by atoms with van der Waals surface area (Å²) in [4.78, 5) is 7.77. The van der Waals surface area contributed by atoms with Crippen molar-refractivity contribution in [2.24, 2.45) is 0 Å². The highest BCUT2D eigenvalue weighted by atomic mass is 32.1. The normalized spacial score (nSPS) is 20.4. The first-order valence-electron chi connectivity index (χ1n) is 7.08. The molecule has 0 spiro atoms. The Bertz CT molecular complexity index is 526. The molecule has 1 unspecified atom stereocenters. The Morgan fingerprint density at radius 1 is 1.50 bits per heavy atom. The van der Waals surface area contributed by atoms with Gasteiger partial charge in [-0.15, -0.1) is 11.3 Å². The van der Waals surface area contributed by atoms with Crippen molar-refractivity contribution >= 4 is 11.3 Å². The second-order valence-electron chi connectivity index (χ2n) is 5.19. The van der Waals surface area contributed by atoms with Gasteiger partial charge in [0.1, 0.15) is 0 Å². The number of aliphatic hydroxyl groups excluding tert-OH is 1. The van der Waals surface area contributed by atoms with E-state index in [-0.39, 0.29) is 6.10 Å². The van der Waals surface area contributed by atoms with Crippen LogP contribution in [-0.2, 0) is 6.42 Å². The lowest BCUT2D eigenvalue weighted by Gasteiger charge is -2.29. The number of thiophene rings is 1. The maximum absolute atomic E-state index is 9.62. The van der Waals surface area contributed by atoms with Crippen LogP contribution in [0.4, 0.5) is 0 Å². The minimum Gasteiger partial charge on any atom is -0.392 e. The van der Waals surface area contributed by atoms with Gasteiger partial charge >= 0.3 is 0 Å². The molecule has 0 radical (unpaired) electrons. The number of aliphatic hydroxyl groups is 1. The summed E-state index contributed by atoms with van der Waals surface area (Å²) < 4.78 is 5.28. The fourth-order valence-corrected chi connectivity index (χ4v) is 3.20. The van der Waals surface area contributed by atoms with Crippen LogP contribution < -0.4 is 0 Å². The molecule has 2 aromatic rings. The molecule has 3 rings (SSSR count). The van der Waals surface area contributed by atoms with E-state index in [1.54, 1.807) is 11.3 Å². The number of piperidine rings is 1. The molecule has 2 aromatic heterocycles. The zero-order valence-corrected chi connectivity index (χ0v) is 12.2. The third kappa shape index (κ3) is 3.45. The van der Waals surface area contributed by atoms with E-state index >= 15 is 0 Å². The summed E-state index contributed by atoms with van der Waals surface area (Å²) in [6, 6.07) is 3.98. The fraction of sp³-hybridized carbons (Fsp3) is 0.571. The minimum atomic E-state index is -0.155. The smallest absolute Gasteiger partial charge is 0.227 e. The highest BCUT2D eigenvalue weighted by Gasteiger charge is 2.17. The molecule has 0 aliphatic carbocycles. The number of likely N-dealkylation sites (tertiary alicyclic amines) is 1. The van der Waals surface area contributed by atoms with Crippen LogP contribution in [0, 0.1) is 0 Å². The van der Waals surface area contributed by atoms with Crippen LogP contribution in [0.1, 0.15) is 25.2 Å². The molecule has 0 bridgehead atoms. The Morgan fingerprint density at radius 3 is 3.25 bits per heavy atom. The van der Waals surface area contributed by atoms with Gasteiger partial charge in [0.05, 0.1) is 11.0 Å². The molecule has 1 atom stereocenters. The lowest BCUT2D eigenvalue weighted by molar-refractivity contribution is 0.0699. The minimum absolute atomic E-state index is 0.155. The maximum Gasteiger partial charge on any atom is 0.227 e. The van der Waals surface area contributed by atoms with E-state index in [0.717, 1.165) is 50.2 Å². The predicted octanol–water partition coefficient (Wildman–Crippen LogP) is 2.19. The van der Waals surface area contributed by atoms with Crippen molar-refractivity contribution in [1.82, 2.24) is 15.0 Å². The molecular weight excluding hydrogens is 274 g/mol. The molecule has 6 heteroatoms. The van der Waals surface area contributed by atoms with Gasteiger partial charge in [0.2, 0.25) is 11.7 Å². The summed E-state index contributed by atoms with van der Waals surface area (Å²) in [5.41, 5.74) is 0. The summed E-state index contributed by atoms with van der Waals surface area (Å²) in [6.07, 6.45) is 3.65. The van der Waals surface area contributed by atoms with E-state index in [9.17, 15) is 5.11 Å². The molecular formula is C14H19N3O2S. The molecule has 0 saturated carbocycles. The highest BCUT2D eigenvalue weighted by molar-refractivity contribution is 7.13. The second kappa shape index (κ2) is 6.47. The summed E-state index contributed by atoms with van der Waals surface area (Å²) >= 11 is 1.62. The van der Waals surface area contributed by atoms with Crippen LogP contribution in [0.2, 0.25) is 0 Å². The van der Waals surface area contributed by atoms with E-state index in [0.29, 0.717) is 11.7 Å². The van der Waals surface area contributed by atoms with Gasteiger partial charge in [0.25, 0.3) is 0 Å². The number of rotatable bonds is 5. The maximum atomic E-state index is 9.62. The standard InChI is InChI=1S/C14H19N3O2S/c18-11-4-1-7-17(10-11)8-2-6-13-15-14(16-19-13)12-5-3-9-20-12/h3,5,9,11,18H,1-2,4,6-8,10H2. The molecule has 0 aromatic carbocycles. The van der Waals surface area contributed by atoms with Crippen LogP contribution in [0.5, 0.6) is 0 Å². The van der Waals surface area contributed by atoms with Crippen LogP contribution in [0.25, 0.3) is 10.7 Å². The lowest BCUT2D eigenvalue weighted by Crippen LogP contribution is -2.38. The van der Waals surface area contributed by atoms with Gasteiger partial charge < -0.3 is 14.5 Å². The number of aromatic nitrogens is 2. The molecule has 0 amide bonds. The molecule has 5 nitrogen and oxygen atoms in total. The Hall–Kier alpha value is -1.24. The van der Waals surface area contributed by atoms with Crippen molar-refractivity contribution in [2.75, 3.05) is 19.6 Å². The number of β-amino-alcohol motifs (C(OH)–C–C–N with tert-alkyl or cyclic N) is 1. The largest absolute Gasteiger partial charge is 0.392 e. The SMILES string of the molecule is OC1CCCN(CCCc2nc(-c3cccs3)no2)C1. The zero-order chi connectivity index (χ0) is 13.8. The third-order valence-electron chi connectivity index (χ3n) is 3.56. The molecule has 1 fully saturated rings. The van der Waals surface area contributed by atoms with Gasteiger partial charge in [-0.2, -0.15) is 4.98 Å². The number of nitrogens with zero attached hydrogens (tertiary/aromatic N) is 3. The number of hydrogen-bond acceptors (Lipinski definition) is 6. The summed E-state index contributed by atoms with van der Waals surface area (Å²) in [6.45, 7) is 2.86. The highest BCUT2D eigenvalue weighted by Crippen LogP contribution is 2.21. The molecule has 108 valence electrons. The third-order valence-corrected chi connectivity index (χ3v) is 4.42. The van der Waals surface area contributed by atoms with Gasteiger partial charge in [-0.3, -0.25) is 0 Å². The van der Waals surface area contributed by atoms with Crippen LogP contribution >= 0.6 is 11.3 Å². The molecule has 3 heterocycles. The second-order valence-corrected chi connectivity index (χ2v) is 6.14. The Balaban J connectivity index is 1.47. The van der Waals surface area contributed by atoms with Gasteiger partial charge in [-0.1, -0.05) is 11.2 Å². The van der Waals surface area contributed by atoms with Gasteiger partial charge in [0.15, 0.2) is 0 Å². The van der Waals surface area contributed by atoms with Crippen molar-refractivity contribution in [3.05, 3.63) is 23.4 Å². The van der Waals surface area contributed by atoms with Crippen LogP contribution in [0.3, 0.4) is 0 Å². The van der Waals surface area contributed by atoms with E-state index in [1.165, 1.54) is 0 Å². The number of hydrogen-bond donors (Lipinski definition) is 1. The van der Waals surface area contributed by atoms with E-state index in [4.69, 9.17) is 4.52 Å². The fourth-order valence-electron chi connectivity index (χ4n) is 2.55. The average Bonchev–Trinajstić information content (AvgIpc) is 3.09. The van der Waals surface area contributed by atoms with Gasteiger partial charge in [-0.05, 0) is 43.8 Å².